The first-order chi connectivity index (χ1) is 8.15. The van der Waals surface area contributed by atoms with Gasteiger partial charge in [-0.15, -0.1) is 10.2 Å². The molecule has 0 aliphatic carbocycles. The second kappa shape index (κ2) is 3.24. The van der Waals surface area contributed by atoms with Crippen molar-refractivity contribution in [3.63, 3.8) is 0 Å². The molecule has 3 rings (SSSR count). The lowest BCUT2D eigenvalue weighted by molar-refractivity contribution is 1.03. The molecule has 1 aromatic carbocycles. The maximum absolute atomic E-state index is 11.5. The van der Waals surface area contributed by atoms with Gasteiger partial charge in [-0.05, 0) is 18.6 Å². The van der Waals surface area contributed by atoms with Crippen molar-refractivity contribution in [1.29, 1.82) is 0 Å². The van der Waals surface area contributed by atoms with Crippen LogP contribution >= 0.6 is 0 Å². The quantitative estimate of drug-likeness (QED) is 0.547. The van der Waals surface area contributed by atoms with Crippen molar-refractivity contribution in [3.8, 4) is 0 Å². The lowest BCUT2D eigenvalue weighted by Gasteiger charge is -2.01. The van der Waals surface area contributed by atoms with Crippen molar-refractivity contribution < 1.29 is 0 Å². The molecule has 6 heteroatoms. The van der Waals surface area contributed by atoms with E-state index >= 15 is 0 Å². The van der Waals surface area contributed by atoms with Crippen molar-refractivity contribution in [3.05, 3.63) is 44.6 Å². The summed E-state index contributed by atoms with van der Waals surface area (Å²) < 4.78 is 0. The fourth-order valence-electron chi connectivity index (χ4n) is 1.81. The summed E-state index contributed by atoms with van der Waals surface area (Å²) in [5.41, 5.74) is 1.18. The third-order valence-corrected chi connectivity index (χ3v) is 2.60. The summed E-state index contributed by atoms with van der Waals surface area (Å²) in [6, 6.07) is 5.56. The van der Waals surface area contributed by atoms with Gasteiger partial charge in [0.1, 0.15) is 0 Å². The third kappa shape index (κ3) is 1.42. The molecule has 3 aromatic rings. The van der Waals surface area contributed by atoms with E-state index in [9.17, 15) is 9.59 Å². The predicted molar refractivity (Wildman–Crippen MR) is 63.0 cm³/mol. The van der Waals surface area contributed by atoms with Crippen molar-refractivity contribution in [1.82, 2.24) is 20.2 Å². The van der Waals surface area contributed by atoms with Crippen LogP contribution in [-0.4, -0.2) is 20.2 Å². The van der Waals surface area contributed by atoms with Gasteiger partial charge < -0.3 is 4.98 Å². The summed E-state index contributed by atoms with van der Waals surface area (Å²) in [4.78, 5) is 27.5. The molecular weight excluding hydrogens is 220 g/mol. The minimum absolute atomic E-state index is 0.140. The average Bonchev–Trinajstić information content (AvgIpc) is 2.27. The Balaban J connectivity index is 2.64. The summed E-state index contributed by atoms with van der Waals surface area (Å²) in [5, 5.41) is 8.51. The molecule has 0 unspecified atom stereocenters. The maximum atomic E-state index is 11.5. The Morgan fingerprint density at radius 2 is 1.94 bits per heavy atom. The summed E-state index contributed by atoms with van der Waals surface area (Å²) in [6.45, 7) is 1.94. The minimum Gasteiger partial charge on any atom is -0.305 e. The number of aryl methyl sites for hydroxylation is 1. The van der Waals surface area contributed by atoms with Gasteiger partial charge in [0.2, 0.25) is 0 Å². The summed E-state index contributed by atoms with van der Waals surface area (Å²) in [7, 11) is 0. The van der Waals surface area contributed by atoms with E-state index in [4.69, 9.17) is 0 Å². The number of benzene rings is 1. The lowest BCUT2D eigenvalue weighted by atomic mass is 10.1. The summed E-state index contributed by atoms with van der Waals surface area (Å²) in [5.74, 6) is 0. The summed E-state index contributed by atoms with van der Waals surface area (Å²) >= 11 is 0. The molecule has 0 saturated carbocycles. The van der Waals surface area contributed by atoms with E-state index in [1.807, 2.05) is 25.1 Å². The maximum Gasteiger partial charge on any atom is 0.326 e. The third-order valence-electron chi connectivity index (χ3n) is 2.60. The van der Waals surface area contributed by atoms with Crippen LogP contribution in [-0.2, 0) is 0 Å². The first-order valence-corrected chi connectivity index (χ1v) is 5.04. The van der Waals surface area contributed by atoms with Crippen LogP contribution in [0.5, 0.6) is 0 Å². The highest BCUT2D eigenvalue weighted by Crippen LogP contribution is 2.17. The molecule has 2 heterocycles. The van der Waals surface area contributed by atoms with Gasteiger partial charge in [0, 0.05) is 5.39 Å². The van der Waals surface area contributed by atoms with Gasteiger partial charge >= 0.3 is 5.69 Å². The highest BCUT2D eigenvalue weighted by atomic mass is 16.2. The van der Waals surface area contributed by atoms with Gasteiger partial charge in [-0.25, -0.2) is 4.79 Å². The molecule has 6 nitrogen and oxygen atoms in total. The van der Waals surface area contributed by atoms with Crippen LogP contribution in [0.3, 0.4) is 0 Å². The Labute approximate surface area is 94.3 Å². The normalized spacial score (nSPS) is 11.1. The first kappa shape index (κ1) is 9.71. The molecule has 0 aliphatic heterocycles. The van der Waals surface area contributed by atoms with Crippen LogP contribution in [0.4, 0.5) is 0 Å². The Morgan fingerprint density at radius 1 is 1.12 bits per heavy atom. The number of aromatic amines is 2. The van der Waals surface area contributed by atoms with Gasteiger partial charge in [0.15, 0.2) is 5.52 Å². The van der Waals surface area contributed by atoms with Crippen molar-refractivity contribution in [2.45, 2.75) is 6.92 Å². The molecule has 0 saturated heterocycles. The van der Waals surface area contributed by atoms with E-state index in [2.05, 4.69) is 20.2 Å². The first-order valence-electron chi connectivity index (χ1n) is 5.04. The van der Waals surface area contributed by atoms with Gasteiger partial charge in [0.25, 0.3) is 5.56 Å². The number of aromatic nitrogens is 4. The van der Waals surface area contributed by atoms with Gasteiger partial charge in [-0.1, -0.05) is 12.1 Å². The second-order valence-corrected chi connectivity index (χ2v) is 3.85. The Bertz CT molecular complexity index is 847. The number of nitrogens with zero attached hydrogens (tertiary/aromatic N) is 2. The van der Waals surface area contributed by atoms with Crippen molar-refractivity contribution in [2.75, 3.05) is 0 Å². The lowest BCUT2D eigenvalue weighted by Crippen LogP contribution is -2.23. The largest absolute Gasteiger partial charge is 0.326 e. The number of fused-ring (bicyclic) bond motifs is 3. The molecule has 0 amide bonds. The molecule has 0 aliphatic rings. The fourth-order valence-corrected chi connectivity index (χ4v) is 1.81. The molecule has 0 fully saturated rings. The van der Waals surface area contributed by atoms with E-state index in [0.29, 0.717) is 16.4 Å². The molecular formula is C11H8N4O2. The zero-order valence-electron chi connectivity index (χ0n) is 8.94. The zero-order valence-corrected chi connectivity index (χ0v) is 8.94. The molecule has 17 heavy (non-hydrogen) atoms. The molecule has 0 bridgehead atoms. The zero-order chi connectivity index (χ0) is 12.0. The number of H-pyrrole nitrogens is 2. The van der Waals surface area contributed by atoms with Crippen LogP contribution in [0.15, 0.2) is 27.8 Å². The van der Waals surface area contributed by atoms with Crippen LogP contribution in [0.1, 0.15) is 5.56 Å². The van der Waals surface area contributed by atoms with Crippen molar-refractivity contribution >= 4 is 21.9 Å². The van der Waals surface area contributed by atoms with E-state index < -0.39 is 11.2 Å². The predicted octanol–water partition coefficient (Wildman–Crippen LogP) is 0.468. The Hall–Kier alpha value is -2.50. The van der Waals surface area contributed by atoms with Crippen LogP contribution in [0.25, 0.3) is 21.9 Å². The minimum atomic E-state index is -0.544. The number of hydrogen-bond acceptors (Lipinski definition) is 4. The topological polar surface area (TPSA) is 91.5 Å². The van der Waals surface area contributed by atoms with E-state index in [1.54, 1.807) is 0 Å². The van der Waals surface area contributed by atoms with Gasteiger partial charge in [0.05, 0.1) is 11.0 Å². The number of nitrogens with one attached hydrogen (secondary N) is 2. The van der Waals surface area contributed by atoms with Crippen LogP contribution in [0, 0.1) is 6.92 Å². The number of rotatable bonds is 0. The Morgan fingerprint density at radius 3 is 2.76 bits per heavy atom. The van der Waals surface area contributed by atoms with Crippen molar-refractivity contribution in [2.24, 2.45) is 0 Å². The van der Waals surface area contributed by atoms with Gasteiger partial charge in [-0.3, -0.25) is 9.78 Å². The fraction of sp³-hybridized carbons (Fsp3) is 0.0909. The number of hydrogen-bond donors (Lipinski definition) is 2. The van der Waals surface area contributed by atoms with E-state index in [0.717, 1.165) is 5.56 Å². The van der Waals surface area contributed by atoms with E-state index in [-0.39, 0.29) is 5.52 Å². The second-order valence-electron chi connectivity index (χ2n) is 3.85. The standard InChI is InChI=1S/C11H8N4O2/c1-5-2-3-6-7(4-5)14-15-9-8(6)12-11(17)13-10(9)16/h2-4H,1H3,(H2,12,13,16,17). The Kier molecular flexibility index (Phi) is 1.85. The smallest absolute Gasteiger partial charge is 0.305 e. The van der Waals surface area contributed by atoms with Crippen LogP contribution < -0.4 is 11.2 Å². The monoisotopic (exact) mass is 228 g/mol. The van der Waals surface area contributed by atoms with Crippen LogP contribution in [0.2, 0.25) is 0 Å². The van der Waals surface area contributed by atoms with E-state index in [1.165, 1.54) is 0 Å². The van der Waals surface area contributed by atoms with Gasteiger partial charge in [-0.2, -0.15) is 0 Å². The molecule has 0 radical (unpaired) electrons. The SMILES string of the molecule is Cc1ccc2c(c1)nnc1c(=O)[nH]c(=O)[nH]c12. The molecule has 2 aromatic heterocycles. The highest BCUT2D eigenvalue weighted by Gasteiger charge is 2.07. The highest BCUT2D eigenvalue weighted by molar-refractivity contribution is 6.00. The molecule has 2 N–H and O–H groups in total. The molecule has 0 spiro atoms. The molecule has 84 valence electrons. The average molecular weight is 228 g/mol. The molecule has 0 atom stereocenters. The summed E-state index contributed by atoms with van der Waals surface area (Å²) in [6.07, 6.45) is 0.